The number of fused-ring (bicyclic) bond motifs is 1. The summed E-state index contributed by atoms with van der Waals surface area (Å²) in [6.45, 7) is 3.21. The molecule has 2 aliphatic heterocycles. The minimum atomic E-state index is -2.42. The maximum Gasteiger partial charge on any atom is 0.150 e. The SMILES string of the molecule is [2H]C([2H])([2H])C1=C(c2ccc(O)cc2)C(c2ccc(CC3CN(CCC)C3)cc2)Oc2cc(O)ccc21. The van der Waals surface area contributed by atoms with Crippen LogP contribution in [0.3, 0.4) is 0 Å². The number of likely N-dealkylation sites (tertiary alicyclic amines) is 1. The Morgan fingerprint density at radius 3 is 2.39 bits per heavy atom. The Balaban J connectivity index is 1.54. The minimum absolute atomic E-state index is 0.0124. The van der Waals surface area contributed by atoms with Crippen molar-refractivity contribution in [1.82, 2.24) is 4.90 Å². The zero-order chi connectivity index (χ0) is 25.4. The van der Waals surface area contributed by atoms with Gasteiger partial charge in [0.05, 0.1) is 0 Å². The van der Waals surface area contributed by atoms with Crippen LogP contribution in [-0.2, 0) is 6.42 Å². The molecule has 2 N–H and O–H groups in total. The number of nitrogens with zero attached hydrogens (tertiary/aromatic N) is 1. The van der Waals surface area contributed by atoms with E-state index in [-0.39, 0.29) is 17.1 Å². The lowest BCUT2D eigenvalue weighted by Gasteiger charge is -2.39. The van der Waals surface area contributed by atoms with Gasteiger partial charge in [-0.25, -0.2) is 0 Å². The van der Waals surface area contributed by atoms with Crippen LogP contribution >= 0.6 is 0 Å². The number of benzene rings is 3. The van der Waals surface area contributed by atoms with Crippen LogP contribution in [0, 0.1) is 5.92 Å². The molecule has 0 aliphatic carbocycles. The van der Waals surface area contributed by atoms with Gasteiger partial charge in [0.25, 0.3) is 0 Å². The number of phenolic OH excluding ortho intramolecular Hbond substituents is 2. The molecule has 1 atom stereocenters. The van der Waals surface area contributed by atoms with Gasteiger partial charge in [-0.1, -0.05) is 43.3 Å². The van der Waals surface area contributed by atoms with E-state index in [0.29, 0.717) is 28.4 Å². The summed E-state index contributed by atoms with van der Waals surface area (Å²) in [4.78, 5) is 2.48. The number of allylic oxidation sites excluding steroid dienone is 1. The lowest BCUT2D eigenvalue weighted by Crippen LogP contribution is -2.47. The number of rotatable bonds is 6. The lowest BCUT2D eigenvalue weighted by molar-refractivity contribution is 0.101. The van der Waals surface area contributed by atoms with E-state index in [0.717, 1.165) is 31.6 Å². The van der Waals surface area contributed by atoms with Gasteiger partial charge in [0, 0.05) is 34.4 Å². The van der Waals surface area contributed by atoms with Crippen molar-refractivity contribution in [2.75, 3.05) is 19.6 Å². The van der Waals surface area contributed by atoms with Gasteiger partial charge in [-0.3, -0.25) is 0 Å². The van der Waals surface area contributed by atoms with Gasteiger partial charge in [-0.15, -0.1) is 0 Å². The first-order valence-corrected chi connectivity index (χ1v) is 11.6. The molecule has 0 radical (unpaired) electrons. The lowest BCUT2D eigenvalue weighted by atomic mass is 9.85. The summed E-state index contributed by atoms with van der Waals surface area (Å²) in [5, 5.41) is 19.9. The maximum atomic E-state index is 10.1. The summed E-state index contributed by atoms with van der Waals surface area (Å²) < 4.78 is 31.5. The van der Waals surface area contributed by atoms with Gasteiger partial charge in [-0.05, 0) is 78.7 Å². The van der Waals surface area contributed by atoms with Crippen LogP contribution in [0.5, 0.6) is 17.2 Å². The Morgan fingerprint density at radius 1 is 0.970 bits per heavy atom. The van der Waals surface area contributed by atoms with Gasteiger partial charge in [0.2, 0.25) is 0 Å². The van der Waals surface area contributed by atoms with Crippen LogP contribution in [0.2, 0.25) is 0 Å². The standard InChI is InChI=1S/C29H31NO3/c1-3-14-30-17-21(18-30)15-20-4-6-23(7-5-20)29-28(22-8-10-24(31)11-9-22)19(2)26-13-12-25(32)16-27(26)33-29/h4-13,16,21,29,31-32H,3,14-15,17-18H2,1-2H3/i2D3. The molecule has 0 spiro atoms. The highest BCUT2D eigenvalue weighted by atomic mass is 16.5. The molecular formula is C29H31NO3. The molecule has 0 saturated carbocycles. The molecule has 3 aromatic carbocycles. The van der Waals surface area contributed by atoms with Crippen molar-refractivity contribution in [3.8, 4) is 17.2 Å². The summed E-state index contributed by atoms with van der Waals surface area (Å²) in [5.74, 6) is 1.12. The van der Waals surface area contributed by atoms with Crippen molar-refractivity contribution in [2.24, 2.45) is 5.92 Å². The predicted octanol–water partition coefficient (Wildman–Crippen LogP) is 6.05. The number of ether oxygens (including phenoxy) is 1. The number of phenols is 2. The highest BCUT2D eigenvalue weighted by molar-refractivity contribution is 5.95. The summed E-state index contributed by atoms with van der Waals surface area (Å²) in [7, 11) is 0. The van der Waals surface area contributed by atoms with Crippen molar-refractivity contribution >= 4 is 11.1 Å². The van der Waals surface area contributed by atoms with E-state index < -0.39 is 13.0 Å². The fourth-order valence-electron chi connectivity index (χ4n) is 4.92. The molecule has 33 heavy (non-hydrogen) atoms. The number of aromatic hydroxyl groups is 2. The molecule has 1 unspecified atom stereocenters. The Kier molecular flexibility index (Phi) is 4.94. The van der Waals surface area contributed by atoms with E-state index in [9.17, 15) is 10.2 Å². The number of hydrogen-bond donors (Lipinski definition) is 2. The van der Waals surface area contributed by atoms with Gasteiger partial charge < -0.3 is 19.8 Å². The topological polar surface area (TPSA) is 52.9 Å². The van der Waals surface area contributed by atoms with E-state index in [1.54, 1.807) is 30.3 Å². The molecule has 2 heterocycles. The molecule has 0 aromatic heterocycles. The van der Waals surface area contributed by atoms with E-state index in [4.69, 9.17) is 8.85 Å². The Hall–Kier alpha value is -3.24. The van der Waals surface area contributed by atoms with E-state index >= 15 is 0 Å². The molecule has 4 nitrogen and oxygen atoms in total. The maximum absolute atomic E-state index is 10.1. The summed E-state index contributed by atoms with van der Waals surface area (Å²) in [5.41, 5.74) is 3.91. The normalized spacial score (nSPS) is 20.3. The molecular weight excluding hydrogens is 410 g/mol. The quantitative estimate of drug-likeness (QED) is 0.486. The zero-order valence-corrected chi connectivity index (χ0v) is 18.8. The highest BCUT2D eigenvalue weighted by Crippen LogP contribution is 2.47. The Morgan fingerprint density at radius 2 is 1.70 bits per heavy atom. The monoisotopic (exact) mass is 444 g/mol. The van der Waals surface area contributed by atoms with Crippen molar-refractivity contribution < 1.29 is 19.1 Å². The molecule has 0 bridgehead atoms. The van der Waals surface area contributed by atoms with Crippen LogP contribution < -0.4 is 4.74 Å². The van der Waals surface area contributed by atoms with Crippen molar-refractivity contribution in [3.05, 3.63) is 89.0 Å². The van der Waals surface area contributed by atoms with Crippen LogP contribution in [0.4, 0.5) is 0 Å². The van der Waals surface area contributed by atoms with Crippen LogP contribution in [-0.4, -0.2) is 34.7 Å². The Bertz CT molecular complexity index is 1260. The van der Waals surface area contributed by atoms with Crippen molar-refractivity contribution in [2.45, 2.75) is 32.7 Å². The molecule has 4 heteroatoms. The third kappa shape index (κ3) is 4.36. The predicted molar refractivity (Wildman–Crippen MR) is 132 cm³/mol. The molecule has 5 rings (SSSR count). The second-order valence-electron chi connectivity index (χ2n) is 9.09. The van der Waals surface area contributed by atoms with Gasteiger partial charge in [0.15, 0.2) is 0 Å². The third-order valence-corrected chi connectivity index (χ3v) is 6.57. The highest BCUT2D eigenvalue weighted by Gasteiger charge is 2.30. The van der Waals surface area contributed by atoms with E-state index in [1.165, 1.54) is 24.1 Å². The van der Waals surface area contributed by atoms with Crippen LogP contribution in [0.1, 0.15) is 52.7 Å². The fraction of sp³-hybridized carbons (Fsp3) is 0.310. The molecule has 2 aliphatic rings. The fourth-order valence-corrected chi connectivity index (χ4v) is 4.92. The Labute approximate surface area is 200 Å². The van der Waals surface area contributed by atoms with Crippen LogP contribution in [0.25, 0.3) is 11.1 Å². The third-order valence-electron chi connectivity index (χ3n) is 6.57. The van der Waals surface area contributed by atoms with Gasteiger partial charge in [-0.2, -0.15) is 0 Å². The molecule has 3 aromatic rings. The first-order chi connectivity index (χ1) is 17.2. The van der Waals surface area contributed by atoms with Gasteiger partial charge in [0.1, 0.15) is 23.4 Å². The zero-order valence-electron chi connectivity index (χ0n) is 21.8. The summed E-state index contributed by atoms with van der Waals surface area (Å²) >= 11 is 0. The first-order valence-electron chi connectivity index (χ1n) is 13.1. The average Bonchev–Trinajstić information content (AvgIpc) is 2.82. The molecule has 1 fully saturated rings. The summed E-state index contributed by atoms with van der Waals surface area (Å²) in [6.07, 6.45) is 1.51. The second-order valence-corrected chi connectivity index (χ2v) is 9.09. The van der Waals surface area contributed by atoms with Crippen molar-refractivity contribution in [3.63, 3.8) is 0 Å². The second kappa shape index (κ2) is 8.95. The molecule has 170 valence electrons. The average molecular weight is 445 g/mol. The van der Waals surface area contributed by atoms with E-state index in [1.807, 2.05) is 12.1 Å². The smallest absolute Gasteiger partial charge is 0.150 e. The van der Waals surface area contributed by atoms with Crippen molar-refractivity contribution in [1.29, 1.82) is 0 Å². The largest absolute Gasteiger partial charge is 0.508 e. The van der Waals surface area contributed by atoms with Gasteiger partial charge >= 0.3 is 0 Å². The minimum Gasteiger partial charge on any atom is -0.508 e. The molecule has 0 amide bonds. The molecule has 1 saturated heterocycles. The number of hydrogen-bond acceptors (Lipinski definition) is 4. The first kappa shape index (κ1) is 18.2. The van der Waals surface area contributed by atoms with Crippen LogP contribution in [0.15, 0.2) is 66.7 Å². The summed E-state index contributed by atoms with van der Waals surface area (Å²) in [6, 6.07) is 19.3. The van der Waals surface area contributed by atoms with E-state index in [2.05, 4.69) is 24.0 Å².